The zero-order valence-corrected chi connectivity index (χ0v) is 18.9. The second kappa shape index (κ2) is 9.25. The first kappa shape index (κ1) is 21.5. The van der Waals surface area contributed by atoms with E-state index in [1.165, 1.54) is 19.1 Å². The number of likely N-dealkylation sites (tertiary alicyclic amines) is 1. The fourth-order valence-electron chi connectivity index (χ4n) is 4.37. The number of hydrogen-bond donors (Lipinski definition) is 2. The fourth-order valence-corrected chi connectivity index (χ4v) is 4.60. The van der Waals surface area contributed by atoms with Crippen molar-refractivity contribution >= 4 is 34.5 Å². The number of anilines is 1. The van der Waals surface area contributed by atoms with Gasteiger partial charge in [-0.25, -0.2) is 0 Å². The molecule has 2 aromatic heterocycles. The summed E-state index contributed by atoms with van der Waals surface area (Å²) in [6.45, 7) is 4.14. The van der Waals surface area contributed by atoms with Crippen molar-refractivity contribution in [1.29, 1.82) is 5.41 Å². The first-order chi connectivity index (χ1) is 16.1. The molecular weight excluding hydrogens is 436 g/mol. The Morgan fingerprint density at radius 2 is 1.91 bits per heavy atom. The van der Waals surface area contributed by atoms with Crippen LogP contribution in [0, 0.1) is 5.41 Å². The molecule has 6 nitrogen and oxygen atoms in total. The number of halogens is 1. The standard InChI is InChI=1S/C26H25ClN4O2/c27-22-6-2-1-5-20(22)25-16-21-24(33-25)9-13-31(26(21)32)19-7-8-23(18(15-19)17-28)29-10-14-30-11-3-4-12-30/h1-2,5-9,13,15-17,28-29H,3-4,10-12,14H2. The Bertz CT molecular complexity index is 1370. The van der Waals surface area contributed by atoms with E-state index in [0.717, 1.165) is 43.0 Å². The second-order valence-corrected chi connectivity index (χ2v) is 8.66. The Hall–Kier alpha value is -3.35. The van der Waals surface area contributed by atoms with E-state index in [9.17, 15) is 4.79 Å². The highest BCUT2D eigenvalue weighted by atomic mass is 35.5. The lowest BCUT2D eigenvalue weighted by Crippen LogP contribution is -2.26. The van der Waals surface area contributed by atoms with E-state index in [1.54, 1.807) is 29.0 Å². The van der Waals surface area contributed by atoms with E-state index in [2.05, 4.69) is 10.2 Å². The molecule has 2 N–H and O–H groups in total. The summed E-state index contributed by atoms with van der Waals surface area (Å²) in [5.74, 6) is 0.559. The van der Waals surface area contributed by atoms with Crippen molar-refractivity contribution < 1.29 is 4.42 Å². The normalized spacial score (nSPS) is 14.1. The van der Waals surface area contributed by atoms with Crippen molar-refractivity contribution in [1.82, 2.24) is 9.47 Å². The number of furan rings is 1. The van der Waals surface area contributed by atoms with Gasteiger partial charge in [0.1, 0.15) is 11.3 Å². The Balaban J connectivity index is 1.43. The first-order valence-corrected chi connectivity index (χ1v) is 11.5. The van der Waals surface area contributed by atoms with Gasteiger partial charge in [-0.2, -0.15) is 0 Å². The minimum absolute atomic E-state index is 0.180. The summed E-state index contributed by atoms with van der Waals surface area (Å²) < 4.78 is 7.49. The number of hydrogen-bond acceptors (Lipinski definition) is 5. The molecule has 1 fully saturated rings. The molecule has 0 radical (unpaired) electrons. The molecule has 168 valence electrons. The summed E-state index contributed by atoms with van der Waals surface area (Å²) in [6, 6.07) is 16.6. The molecule has 33 heavy (non-hydrogen) atoms. The van der Waals surface area contributed by atoms with Gasteiger partial charge in [0.2, 0.25) is 0 Å². The van der Waals surface area contributed by atoms with Crippen LogP contribution in [0.5, 0.6) is 0 Å². The highest BCUT2D eigenvalue weighted by Gasteiger charge is 2.15. The van der Waals surface area contributed by atoms with E-state index >= 15 is 0 Å². The molecule has 0 spiro atoms. The van der Waals surface area contributed by atoms with Gasteiger partial charge in [-0.1, -0.05) is 23.7 Å². The molecule has 1 saturated heterocycles. The highest BCUT2D eigenvalue weighted by Crippen LogP contribution is 2.31. The zero-order chi connectivity index (χ0) is 22.8. The molecule has 0 amide bonds. The maximum absolute atomic E-state index is 13.3. The lowest BCUT2D eigenvalue weighted by molar-refractivity contribution is 0.352. The van der Waals surface area contributed by atoms with Crippen molar-refractivity contribution in [2.75, 3.05) is 31.5 Å². The molecule has 0 unspecified atom stereocenters. The molecule has 3 heterocycles. The lowest BCUT2D eigenvalue weighted by atomic mass is 10.1. The predicted octanol–water partition coefficient (Wildman–Crippen LogP) is 5.41. The SMILES string of the molecule is N=Cc1cc(-n2ccc3oc(-c4ccccc4Cl)cc3c2=O)ccc1NCCN1CCCC1. The van der Waals surface area contributed by atoms with Crippen LogP contribution in [0.25, 0.3) is 28.0 Å². The Morgan fingerprint density at radius 1 is 1.09 bits per heavy atom. The number of aromatic nitrogens is 1. The molecule has 0 bridgehead atoms. The largest absolute Gasteiger partial charge is 0.456 e. The molecule has 1 aliphatic rings. The predicted molar refractivity (Wildman–Crippen MR) is 134 cm³/mol. The minimum atomic E-state index is -0.180. The van der Waals surface area contributed by atoms with Crippen molar-refractivity contribution in [2.45, 2.75) is 12.8 Å². The molecule has 4 aromatic rings. The summed E-state index contributed by atoms with van der Waals surface area (Å²) >= 11 is 6.30. The summed E-state index contributed by atoms with van der Waals surface area (Å²) in [5, 5.41) is 12.3. The number of nitrogens with one attached hydrogen (secondary N) is 2. The van der Waals surface area contributed by atoms with Gasteiger partial charge in [-0.15, -0.1) is 0 Å². The fraction of sp³-hybridized carbons (Fsp3) is 0.231. The van der Waals surface area contributed by atoms with Crippen LogP contribution in [0.2, 0.25) is 5.02 Å². The van der Waals surface area contributed by atoms with Gasteiger partial charge < -0.3 is 20.0 Å². The quantitative estimate of drug-likeness (QED) is 0.362. The van der Waals surface area contributed by atoms with Crippen LogP contribution in [-0.2, 0) is 0 Å². The average Bonchev–Trinajstić information content (AvgIpc) is 3.50. The van der Waals surface area contributed by atoms with Gasteiger partial charge >= 0.3 is 0 Å². The highest BCUT2D eigenvalue weighted by molar-refractivity contribution is 6.33. The van der Waals surface area contributed by atoms with Crippen LogP contribution in [-0.4, -0.2) is 41.9 Å². The maximum Gasteiger partial charge on any atom is 0.266 e. The maximum atomic E-state index is 13.3. The van der Waals surface area contributed by atoms with Crippen molar-refractivity contribution in [3.63, 3.8) is 0 Å². The van der Waals surface area contributed by atoms with Crippen molar-refractivity contribution in [3.05, 3.63) is 81.7 Å². The van der Waals surface area contributed by atoms with E-state index in [-0.39, 0.29) is 5.56 Å². The monoisotopic (exact) mass is 460 g/mol. The molecule has 0 atom stereocenters. The Morgan fingerprint density at radius 3 is 2.70 bits per heavy atom. The minimum Gasteiger partial charge on any atom is -0.456 e. The number of rotatable bonds is 7. The molecule has 1 aliphatic heterocycles. The van der Waals surface area contributed by atoms with E-state index < -0.39 is 0 Å². The Labute approximate surface area is 196 Å². The van der Waals surface area contributed by atoms with Gasteiger partial charge in [0.05, 0.1) is 10.4 Å². The molecule has 2 aromatic carbocycles. The third kappa shape index (κ3) is 4.32. The molecule has 0 saturated carbocycles. The van der Waals surface area contributed by atoms with Crippen molar-refractivity contribution in [3.8, 4) is 17.0 Å². The van der Waals surface area contributed by atoms with Crippen LogP contribution < -0.4 is 10.9 Å². The van der Waals surface area contributed by atoms with Crippen LogP contribution in [0.15, 0.2) is 70.0 Å². The molecule has 0 aliphatic carbocycles. The summed E-state index contributed by atoms with van der Waals surface area (Å²) in [5.41, 5.74) is 3.41. The van der Waals surface area contributed by atoms with Gasteiger partial charge in [0, 0.05) is 48.0 Å². The van der Waals surface area contributed by atoms with E-state index in [4.69, 9.17) is 21.4 Å². The van der Waals surface area contributed by atoms with Gasteiger partial charge in [-0.3, -0.25) is 9.36 Å². The molecule has 5 rings (SSSR count). The molecular formula is C26H25ClN4O2. The number of benzene rings is 2. The molecule has 7 heteroatoms. The number of nitrogens with zero attached hydrogens (tertiary/aromatic N) is 2. The van der Waals surface area contributed by atoms with Gasteiger partial charge in [0.25, 0.3) is 5.56 Å². The lowest BCUT2D eigenvalue weighted by Gasteiger charge is -2.17. The third-order valence-corrected chi connectivity index (χ3v) is 6.46. The van der Waals surface area contributed by atoms with Crippen LogP contribution >= 0.6 is 11.6 Å². The van der Waals surface area contributed by atoms with Gasteiger partial charge in [-0.05, 0) is 68.4 Å². The van der Waals surface area contributed by atoms with Crippen molar-refractivity contribution in [2.24, 2.45) is 0 Å². The first-order valence-electron chi connectivity index (χ1n) is 11.2. The van der Waals surface area contributed by atoms with Crippen LogP contribution in [0.1, 0.15) is 18.4 Å². The second-order valence-electron chi connectivity index (χ2n) is 8.25. The summed E-state index contributed by atoms with van der Waals surface area (Å²) in [4.78, 5) is 15.7. The van der Waals surface area contributed by atoms with Crippen LogP contribution in [0.3, 0.4) is 0 Å². The van der Waals surface area contributed by atoms with E-state index in [1.807, 2.05) is 36.4 Å². The van der Waals surface area contributed by atoms with Gasteiger partial charge in [0.15, 0.2) is 0 Å². The summed E-state index contributed by atoms with van der Waals surface area (Å²) in [7, 11) is 0. The summed E-state index contributed by atoms with van der Waals surface area (Å²) in [6.07, 6.45) is 5.57. The zero-order valence-electron chi connectivity index (χ0n) is 18.2. The number of pyridine rings is 1. The number of fused-ring (bicyclic) bond motifs is 1. The topological polar surface area (TPSA) is 74.3 Å². The smallest absolute Gasteiger partial charge is 0.266 e. The van der Waals surface area contributed by atoms with E-state index in [0.29, 0.717) is 27.4 Å². The van der Waals surface area contributed by atoms with Crippen LogP contribution in [0.4, 0.5) is 5.69 Å². The average molecular weight is 461 g/mol. The third-order valence-electron chi connectivity index (χ3n) is 6.14. The Kier molecular flexibility index (Phi) is 6.03.